The molecule has 5 fully saturated rings. The fourth-order valence-corrected chi connectivity index (χ4v) is 16.2. The molecule has 0 radical (unpaired) electrons. The van der Waals surface area contributed by atoms with Gasteiger partial charge in [-0.05, 0) is 178 Å². The Hall–Kier alpha value is -1.48. The third-order valence-electron chi connectivity index (χ3n) is 18.6. The van der Waals surface area contributed by atoms with Crippen LogP contribution in [0.1, 0.15) is 138 Å². The number of carboxylic acid groups (broad SMARTS) is 1. The van der Waals surface area contributed by atoms with Gasteiger partial charge in [0.05, 0.1) is 11.0 Å². The monoisotopic (exact) mass is 769 g/mol. The lowest BCUT2D eigenvalue weighted by molar-refractivity contribution is -0.221. The summed E-state index contributed by atoms with van der Waals surface area (Å²) in [7, 11) is -2.24. The number of rotatable bonds is 9. The van der Waals surface area contributed by atoms with Crippen molar-refractivity contribution >= 4 is 21.5 Å². The van der Waals surface area contributed by atoms with Crippen molar-refractivity contribution in [2.45, 2.75) is 149 Å². The molecule has 54 heavy (non-hydrogen) atoms. The van der Waals surface area contributed by atoms with E-state index in [9.17, 15) is 23.6 Å². The number of nitrogens with zero attached hydrogens (tertiary/aromatic N) is 1. The van der Waals surface area contributed by atoms with Crippen LogP contribution in [0.15, 0.2) is 35.5 Å². The molecule has 3 N–H and O–H groups in total. The summed E-state index contributed by atoms with van der Waals surface area (Å²) in [6.45, 7) is 21.1. The molecule has 0 aromatic heterocycles. The van der Waals surface area contributed by atoms with Crippen LogP contribution in [0, 0.1) is 56.7 Å². The van der Waals surface area contributed by atoms with Gasteiger partial charge in [-0.15, -0.1) is 0 Å². The Morgan fingerprint density at radius 1 is 0.944 bits per heavy atom. The highest BCUT2D eigenvalue weighted by atomic mass is 32.2. The number of hydrogen-bond donors (Lipinski definition) is 3. The van der Waals surface area contributed by atoms with Gasteiger partial charge in [-0.3, -0.25) is 9.00 Å². The molecule has 1 unspecified atom stereocenters. The van der Waals surface area contributed by atoms with Crippen molar-refractivity contribution in [3.8, 4) is 0 Å². The Morgan fingerprint density at radius 3 is 2.24 bits per heavy atom. The van der Waals surface area contributed by atoms with Gasteiger partial charge in [-0.25, -0.2) is 8.70 Å². The number of fused-ring (bicyclic) bond motifs is 7. The molecule has 4 saturated carbocycles. The van der Waals surface area contributed by atoms with Crippen LogP contribution in [0.5, 0.6) is 0 Å². The zero-order chi connectivity index (χ0) is 39.3. The van der Waals surface area contributed by atoms with Crippen LogP contribution in [-0.2, 0) is 14.5 Å². The number of carbonyl (C=O) groups is 1. The first kappa shape index (κ1) is 40.7. The van der Waals surface area contributed by atoms with Gasteiger partial charge in [0.25, 0.3) is 0 Å². The number of aliphatic carboxylic acids is 1. The van der Waals surface area contributed by atoms with E-state index in [1.807, 2.05) is 4.31 Å². The lowest BCUT2D eigenvalue weighted by Crippen LogP contribution is -2.68. The van der Waals surface area contributed by atoms with Crippen molar-refractivity contribution < 1.29 is 23.6 Å². The molecule has 1 saturated heterocycles. The number of nitrogens with one attached hydrogen (secondary N) is 1. The zero-order valence-corrected chi connectivity index (χ0v) is 35.7. The first-order valence-corrected chi connectivity index (χ1v) is 23.6. The standard InChI is InChI=1S/C46H73FN2O4S/c1-31(2)33-14-21-46(48-27-24-45(52)25-28-49(29-26-45)54(8,9)53)23-22-42(6)35(38(33)46)10-11-37-41(5)17-15-34(40(3,4)36(41)16-18-43(37,42)7)32-12-19-44(30-47,20-13-32)39(50)51/h12,15,33,35-38,48,52H,1,8,10-11,13-14,16-30H2,2-7,9H3,(H,50,51)/t33-,35+,36-,37+,38+,41-,42+,43+,44-,46-,54?/m0/s1. The van der Waals surface area contributed by atoms with E-state index in [2.05, 4.69) is 71.5 Å². The molecule has 304 valence electrons. The van der Waals surface area contributed by atoms with Gasteiger partial charge in [-0.1, -0.05) is 58.9 Å². The molecule has 0 amide bonds. The van der Waals surface area contributed by atoms with E-state index in [0.717, 1.165) is 19.4 Å². The van der Waals surface area contributed by atoms with E-state index in [0.29, 0.717) is 68.4 Å². The van der Waals surface area contributed by atoms with Crippen LogP contribution in [0.25, 0.3) is 0 Å². The Balaban J connectivity index is 1.12. The van der Waals surface area contributed by atoms with Crippen molar-refractivity contribution in [1.29, 1.82) is 0 Å². The highest BCUT2D eigenvalue weighted by Gasteiger charge is 2.70. The van der Waals surface area contributed by atoms with E-state index in [1.54, 1.807) is 6.26 Å². The first-order chi connectivity index (χ1) is 25.1. The summed E-state index contributed by atoms with van der Waals surface area (Å²) in [6.07, 6.45) is 20.5. The SMILES string of the molecule is C=C(C)[C@@H]1CC[C@]2(NCCC3(O)CCN(S(=C)(C)=O)CC3)CC[C@]3(C)[C@H](CC[C@@H]4[C@@]5(C)CC=C(C6=CC[C@](CF)(C(=O)O)CC6)C(C)(C)[C@@H]5CC[C@]43C)[C@@H]12. The van der Waals surface area contributed by atoms with Crippen molar-refractivity contribution in [2.24, 2.45) is 56.7 Å². The van der Waals surface area contributed by atoms with Crippen LogP contribution in [0.3, 0.4) is 0 Å². The number of hydrogen-bond acceptors (Lipinski definition) is 4. The summed E-state index contributed by atoms with van der Waals surface area (Å²) in [5, 5.41) is 25.6. The molecule has 7 rings (SSSR count). The van der Waals surface area contributed by atoms with Crippen LogP contribution in [0.2, 0.25) is 0 Å². The molecule has 7 aliphatic rings. The minimum atomic E-state index is -2.24. The van der Waals surface area contributed by atoms with Crippen LogP contribution < -0.4 is 5.32 Å². The Kier molecular flexibility index (Phi) is 10.2. The van der Waals surface area contributed by atoms with Crippen LogP contribution >= 0.6 is 0 Å². The van der Waals surface area contributed by atoms with Crippen molar-refractivity contribution in [1.82, 2.24) is 9.62 Å². The van der Waals surface area contributed by atoms with Gasteiger partial charge in [0.15, 0.2) is 0 Å². The van der Waals surface area contributed by atoms with Gasteiger partial charge in [0, 0.05) is 34.6 Å². The fourth-order valence-electron chi connectivity index (χ4n) is 15.2. The second-order valence-electron chi connectivity index (χ2n) is 21.3. The maximum Gasteiger partial charge on any atom is 0.312 e. The fraction of sp³-hybridized carbons (Fsp3) is 0.826. The molecule has 1 heterocycles. The minimum absolute atomic E-state index is 0.0249. The Morgan fingerprint density at radius 2 is 1.65 bits per heavy atom. The maximum absolute atomic E-state index is 14.0. The summed E-state index contributed by atoms with van der Waals surface area (Å²) in [6, 6.07) is 0. The lowest BCUT2D eigenvalue weighted by atomic mass is 9.33. The third-order valence-corrected chi connectivity index (χ3v) is 20.0. The summed E-state index contributed by atoms with van der Waals surface area (Å²) in [5.41, 5.74) is 2.74. The number of aliphatic hydroxyl groups is 1. The van der Waals surface area contributed by atoms with Gasteiger partial charge < -0.3 is 15.5 Å². The summed E-state index contributed by atoms with van der Waals surface area (Å²) >= 11 is 0. The number of alkyl halides is 1. The van der Waals surface area contributed by atoms with Crippen molar-refractivity contribution in [3.63, 3.8) is 0 Å². The smallest absolute Gasteiger partial charge is 0.312 e. The van der Waals surface area contributed by atoms with E-state index in [4.69, 9.17) is 0 Å². The third kappa shape index (κ3) is 6.10. The van der Waals surface area contributed by atoms with Crippen LogP contribution in [-0.4, -0.2) is 74.3 Å². The van der Waals surface area contributed by atoms with Crippen LogP contribution in [0.4, 0.5) is 4.39 Å². The number of allylic oxidation sites excluding steroid dienone is 5. The topological polar surface area (TPSA) is 89.9 Å². The van der Waals surface area contributed by atoms with Crippen molar-refractivity contribution in [3.05, 3.63) is 35.5 Å². The van der Waals surface area contributed by atoms with Gasteiger partial charge in [0.1, 0.15) is 6.67 Å². The molecule has 6 nitrogen and oxygen atoms in total. The first-order valence-electron chi connectivity index (χ1n) is 21.5. The average molecular weight is 769 g/mol. The molecule has 6 aliphatic carbocycles. The van der Waals surface area contributed by atoms with E-state index in [-0.39, 0.29) is 33.6 Å². The molecule has 11 atom stereocenters. The minimum Gasteiger partial charge on any atom is -0.481 e. The number of carboxylic acids is 1. The Labute approximate surface area is 327 Å². The highest BCUT2D eigenvalue weighted by Crippen LogP contribution is 2.76. The van der Waals surface area contributed by atoms with Gasteiger partial charge in [0.2, 0.25) is 0 Å². The number of piperidine rings is 1. The molecule has 1 aliphatic heterocycles. The lowest BCUT2D eigenvalue weighted by Gasteiger charge is -2.72. The zero-order valence-electron chi connectivity index (χ0n) is 34.8. The predicted octanol–water partition coefficient (Wildman–Crippen LogP) is 9.15. The molecule has 0 spiro atoms. The predicted molar refractivity (Wildman–Crippen MR) is 220 cm³/mol. The van der Waals surface area contributed by atoms with Gasteiger partial charge in [-0.2, -0.15) is 0 Å². The maximum atomic E-state index is 14.0. The number of halogens is 1. The molecule has 0 aromatic rings. The molecule has 0 bridgehead atoms. The van der Waals surface area contributed by atoms with E-state index in [1.165, 1.54) is 68.1 Å². The second kappa shape index (κ2) is 13.5. The van der Waals surface area contributed by atoms with E-state index < -0.39 is 33.4 Å². The summed E-state index contributed by atoms with van der Waals surface area (Å²) in [4.78, 5) is 12.0. The average Bonchev–Trinajstić information content (AvgIpc) is 3.48. The van der Waals surface area contributed by atoms with Gasteiger partial charge >= 0.3 is 5.97 Å². The van der Waals surface area contributed by atoms with E-state index >= 15 is 0 Å². The Bertz CT molecular complexity index is 1690. The second-order valence-corrected chi connectivity index (χ2v) is 23.8. The van der Waals surface area contributed by atoms with Crippen molar-refractivity contribution in [2.75, 3.05) is 32.6 Å². The normalized spacial score (nSPS) is 45.4. The largest absolute Gasteiger partial charge is 0.481 e. The summed E-state index contributed by atoms with van der Waals surface area (Å²) < 4.78 is 28.5. The molecule has 8 heteroatoms. The summed E-state index contributed by atoms with van der Waals surface area (Å²) in [5.74, 6) is 5.76. The quantitative estimate of drug-likeness (QED) is 0.161. The highest BCUT2D eigenvalue weighted by molar-refractivity contribution is 7.97. The molecular weight excluding hydrogens is 696 g/mol. The molecule has 0 aromatic carbocycles. The molecular formula is C46H73FN2O4S.